The Morgan fingerprint density at radius 1 is 0.897 bits per heavy atom. The Morgan fingerprint density at radius 3 is 2.28 bits per heavy atom. The average Bonchev–Trinajstić information content (AvgIpc) is 2.74. The third-order valence-electron chi connectivity index (χ3n) is 3.87. The highest BCUT2D eigenvalue weighted by Crippen LogP contribution is 2.22. The summed E-state index contributed by atoms with van der Waals surface area (Å²) in [5, 5.41) is 8.33. The number of nitrogens with two attached hydrogens (primary N) is 1. The first kappa shape index (κ1) is 20.5. The van der Waals surface area contributed by atoms with E-state index in [1.807, 2.05) is 42.5 Å². The van der Waals surface area contributed by atoms with E-state index in [2.05, 4.69) is 10.2 Å². The van der Waals surface area contributed by atoms with E-state index in [1.54, 1.807) is 18.3 Å². The van der Waals surface area contributed by atoms with E-state index >= 15 is 0 Å². The van der Waals surface area contributed by atoms with Crippen molar-refractivity contribution in [3.05, 3.63) is 101 Å². The standard InChI is InChI=1S/C22H19F2N3OS/c23-19-7-4-8-20(24)21(19)28-14-17-11-9-16(10-12-17)13-26-27-22(25)29-15-18-5-2-1-3-6-18/h1-13H,14-15H2,(H2,25,27). The van der Waals surface area contributed by atoms with E-state index < -0.39 is 11.6 Å². The molecule has 0 aliphatic rings. The smallest absolute Gasteiger partial charge is 0.191 e. The number of benzene rings is 3. The molecule has 29 heavy (non-hydrogen) atoms. The van der Waals surface area contributed by atoms with Crippen molar-refractivity contribution in [3.8, 4) is 5.75 Å². The van der Waals surface area contributed by atoms with Gasteiger partial charge in [-0.1, -0.05) is 72.4 Å². The van der Waals surface area contributed by atoms with Crippen LogP contribution in [-0.2, 0) is 12.4 Å². The van der Waals surface area contributed by atoms with E-state index in [4.69, 9.17) is 10.5 Å². The van der Waals surface area contributed by atoms with Crippen LogP contribution in [0.1, 0.15) is 16.7 Å². The van der Waals surface area contributed by atoms with Crippen LogP contribution in [0.5, 0.6) is 5.75 Å². The van der Waals surface area contributed by atoms with Gasteiger partial charge in [0.1, 0.15) is 6.61 Å². The summed E-state index contributed by atoms with van der Waals surface area (Å²) in [6, 6.07) is 20.8. The van der Waals surface area contributed by atoms with E-state index in [9.17, 15) is 8.78 Å². The van der Waals surface area contributed by atoms with Gasteiger partial charge in [0, 0.05) is 5.75 Å². The average molecular weight is 411 g/mol. The van der Waals surface area contributed by atoms with Crippen molar-refractivity contribution in [2.75, 3.05) is 0 Å². The van der Waals surface area contributed by atoms with Gasteiger partial charge in [0.2, 0.25) is 0 Å². The number of nitrogens with zero attached hydrogens (tertiary/aromatic N) is 2. The second-order valence-electron chi connectivity index (χ2n) is 6.04. The maximum atomic E-state index is 13.6. The molecular weight excluding hydrogens is 392 g/mol. The van der Waals surface area contributed by atoms with Crippen molar-refractivity contribution in [3.63, 3.8) is 0 Å². The van der Waals surface area contributed by atoms with Gasteiger partial charge in [-0.05, 0) is 28.8 Å². The van der Waals surface area contributed by atoms with Gasteiger partial charge in [-0.15, -0.1) is 5.10 Å². The molecule has 0 heterocycles. The van der Waals surface area contributed by atoms with Gasteiger partial charge < -0.3 is 10.5 Å². The number of hydrogen-bond acceptors (Lipinski definition) is 4. The van der Waals surface area contributed by atoms with Crippen LogP contribution in [0.4, 0.5) is 8.78 Å². The molecule has 0 aliphatic carbocycles. The van der Waals surface area contributed by atoms with Crippen LogP contribution in [0, 0.1) is 11.6 Å². The zero-order chi connectivity index (χ0) is 20.5. The molecule has 0 unspecified atom stereocenters. The minimum absolute atomic E-state index is 0.0521. The maximum absolute atomic E-state index is 13.6. The predicted octanol–water partition coefficient (Wildman–Crippen LogP) is 5.13. The lowest BCUT2D eigenvalue weighted by molar-refractivity contribution is 0.274. The molecule has 0 saturated heterocycles. The van der Waals surface area contributed by atoms with E-state index in [-0.39, 0.29) is 12.4 Å². The van der Waals surface area contributed by atoms with Crippen molar-refractivity contribution >= 4 is 23.1 Å². The summed E-state index contributed by atoms with van der Waals surface area (Å²) >= 11 is 1.41. The normalized spacial score (nSPS) is 11.7. The van der Waals surface area contributed by atoms with Gasteiger partial charge in [0.15, 0.2) is 22.6 Å². The number of ether oxygens (including phenoxy) is 1. The van der Waals surface area contributed by atoms with Gasteiger partial charge >= 0.3 is 0 Å². The van der Waals surface area contributed by atoms with Crippen LogP contribution < -0.4 is 10.5 Å². The molecule has 0 amide bonds. The van der Waals surface area contributed by atoms with E-state index in [1.165, 1.54) is 17.8 Å². The molecule has 0 bridgehead atoms. The molecule has 0 atom stereocenters. The Morgan fingerprint density at radius 2 is 1.59 bits per heavy atom. The lowest BCUT2D eigenvalue weighted by Crippen LogP contribution is -2.06. The Bertz CT molecular complexity index is 972. The lowest BCUT2D eigenvalue weighted by Gasteiger charge is -2.08. The van der Waals surface area contributed by atoms with Gasteiger partial charge in [-0.3, -0.25) is 0 Å². The van der Waals surface area contributed by atoms with Crippen LogP contribution >= 0.6 is 11.8 Å². The molecule has 0 radical (unpaired) electrons. The third-order valence-corrected chi connectivity index (χ3v) is 4.73. The summed E-state index contributed by atoms with van der Waals surface area (Å²) in [5.74, 6) is -1.11. The summed E-state index contributed by atoms with van der Waals surface area (Å²) in [6.45, 7) is 0.0521. The van der Waals surface area contributed by atoms with Crippen LogP contribution in [0.2, 0.25) is 0 Å². The largest absolute Gasteiger partial charge is 0.483 e. The zero-order valence-electron chi connectivity index (χ0n) is 15.5. The molecular formula is C22H19F2N3OS. The molecule has 0 aromatic heterocycles. The van der Waals surface area contributed by atoms with E-state index in [0.717, 1.165) is 34.6 Å². The van der Waals surface area contributed by atoms with Crippen molar-refractivity contribution < 1.29 is 13.5 Å². The first-order valence-electron chi connectivity index (χ1n) is 8.81. The van der Waals surface area contributed by atoms with Gasteiger partial charge in [0.25, 0.3) is 0 Å². The van der Waals surface area contributed by atoms with Gasteiger partial charge in [-0.25, -0.2) is 8.78 Å². The number of hydrogen-bond donors (Lipinski definition) is 1. The molecule has 0 aliphatic heterocycles. The number of halogens is 2. The topological polar surface area (TPSA) is 60.0 Å². The SMILES string of the molecule is NC(=NN=Cc1ccc(COc2c(F)cccc2F)cc1)SCc1ccccc1. The molecule has 3 rings (SSSR count). The summed E-state index contributed by atoms with van der Waals surface area (Å²) < 4.78 is 32.4. The first-order valence-corrected chi connectivity index (χ1v) is 9.79. The van der Waals surface area contributed by atoms with E-state index in [0.29, 0.717) is 5.17 Å². The summed E-state index contributed by atoms with van der Waals surface area (Å²) in [5.41, 5.74) is 8.60. The Kier molecular flexibility index (Phi) is 7.35. The fourth-order valence-corrected chi connectivity index (χ4v) is 3.00. The van der Waals surface area contributed by atoms with Crippen LogP contribution in [0.25, 0.3) is 0 Å². The van der Waals surface area contributed by atoms with Crippen LogP contribution in [0.15, 0.2) is 83.0 Å². The van der Waals surface area contributed by atoms with Crippen molar-refractivity contribution in [2.45, 2.75) is 12.4 Å². The summed E-state index contributed by atoms with van der Waals surface area (Å²) in [4.78, 5) is 0. The second-order valence-corrected chi connectivity index (χ2v) is 7.03. The highest BCUT2D eigenvalue weighted by Gasteiger charge is 2.09. The molecule has 0 spiro atoms. The van der Waals surface area contributed by atoms with Crippen molar-refractivity contribution in [2.24, 2.45) is 15.9 Å². The fourth-order valence-electron chi connectivity index (χ4n) is 2.39. The van der Waals surface area contributed by atoms with Crippen LogP contribution in [0.3, 0.4) is 0 Å². The predicted molar refractivity (Wildman–Crippen MR) is 114 cm³/mol. The van der Waals surface area contributed by atoms with Crippen LogP contribution in [-0.4, -0.2) is 11.4 Å². The molecule has 0 fully saturated rings. The molecule has 2 N–H and O–H groups in total. The molecule has 148 valence electrons. The number of amidine groups is 1. The molecule has 0 saturated carbocycles. The van der Waals surface area contributed by atoms with Gasteiger partial charge in [0.05, 0.1) is 6.21 Å². The number of para-hydroxylation sites is 1. The number of rotatable bonds is 7. The summed E-state index contributed by atoms with van der Waals surface area (Å²) in [7, 11) is 0. The minimum Gasteiger partial charge on any atom is -0.483 e. The number of thioether (sulfide) groups is 1. The summed E-state index contributed by atoms with van der Waals surface area (Å²) in [6.07, 6.45) is 1.58. The Hall–Kier alpha value is -3.19. The molecule has 4 nitrogen and oxygen atoms in total. The lowest BCUT2D eigenvalue weighted by atomic mass is 10.1. The Labute approximate surface area is 172 Å². The third kappa shape index (κ3) is 6.43. The highest BCUT2D eigenvalue weighted by atomic mass is 32.2. The quantitative estimate of drug-likeness (QED) is 0.333. The Balaban J connectivity index is 1.50. The molecule has 7 heteroatoms. The first-order chi connectivity index (χ1) is 14.1. The zero-order valence-corrected chi connectivity index (χ0v) is 16.3. The minimum atomic E-state index is -0.727. The molecule has 3 aromatic carbocycles. The highest BCUT2D eigenvalue weighted by molar-refractivity contribution is 8.13. The fraction of sp³-hybridized carbons (Fsp3) is 0.0909. The van der Waals surface area contributed by atoms with Gasteiger partial charge in [-0.2, -0.15) is 5.10 Å². The van der Waals surface area contributed by atoms with Crippen molar-refractivity contribution in [1.29, 1.82) is 0 Å². The molecule has 3 aromatic rings. The monoisotopic (exact) mass is 411 g/mol. The maximum Gasteiger partial charge on any atom is 0.191 e. The second kappa shape index (κ2) is 10.4. The van der Waals surface area contributed by atoms with Crippen molar-refractivity contribution in [1.82, 2.24) is 0 Å².